The zero-order chi connectivity index (χ0) is 11.7. The lowest BCUT2D eigenvalue weighted by Crippen LogP contribution is -2.13. The quantitative estimate of drug-likeness (QED) is 0.713. The molecule has 84 valence electrons. The van der Waals surface area contributed by atoms with Crippen LogP contribution in [0.4, 0.5) is 5.69 Å². The first-order valence-electron chi connectivity index (χ1n) is 5.58. The summed E-state index contributed by atoms with van der Waals surface area (Å²) in [5.74, 6) is 0.948. The maximum atomic E-state index is 4.16. The molecular weight excluding hydrogens is 228 g/mol. The first-order chi connectivity index (χ1) is 8.34. The van der Waals surface area contributed by atoms with Crippen molar-refractivity contribution in [2.75, 3.05) is 5.88 Å². The zero-order valence-corrected chi connectivity index (χ0v) is 10.4. The number of fused-ring (bicyclic) bond motifs is 1. The maximum absolute atomic E-state index is 4.16. The van der Waals surface area contributed by atoms with Crippen molar-refractivity contribution < 1.29 is 4.58 Å². The number of thioether (sulfide) groups is 1. The molecule has 0 saturated heterocycles. The van der Waals surface area contributed by atoms with Crippen molar-refractivity contribution in [2.24, 2.45) is 0 Å². The minimum Gasteiger partial charge on any atom is -0.258 e. The highest BCUT2D eigenvalue weighted by Gasteiger charge is 2.19. The van der Waals surface area contributed by atoms with E-state index in [0.717, 1.165) is 11.6 Å². The molecule has 1 aliphatic rings. The fourth-order valence-corrected chi connectivity index (χ4v) is 3.06. The molecule has 0 spiro atoms. The molecule has 0 N–H and O–H groups in total. The van der Waals surface area contributed by atoms with Crippen LogP contribution in [0.3, 0.4) is 0 Å². The SMILES string of the molecule is Cc1cccc2c1SC[N+](c1cccnc1)=C2. The highest BCUT2D eigenvalue weighted by Crippen LogP contribution is 2.30. The summed E-state index contributed by atoms with van der Waals surface area (Å²) >= 11 is 1.89. The first-order valence-corrected chi connectivity index (χ1v) is 6.57. The number of hydrogen-bond acceptors (Lipinski definition) is 2. The van der Waals surface area contributed by atoms with Gasteiger partial charge in [0, 0.05) is 17.2 Å². The first kappa shape index (κ1) is 10.5. The molecule has 0 unspecified atom stereocenters. The fraction of sp³-hybridized carbons (Fsp3) is 0.143. The van der Waals surface area contributed by atoms with Crippen molar-refractivity contribution in [1.29, 1.82) is 0 Å². The van der Waals surface area contributed by atoms with Crippen LogP contribution in [0.25, 0.3) is 0 Å². The van der Waals surface area contributed by atoms with Crippen molar-refractivity contribution in [3.8, 4) is 0 Å². The molecule has 0 radical (unpaired) electrons. The molecule has 2 aromatic rings. The van der Waals surface area contributed by atoms with Gasteiger partial charge in [0.05, 0.1) is 11.8 Å². The molecule has 3 heteroatoms. The summed E-state index contributed by atoms with van der Waals surface area (Å²) in [5.41, 5.74) is 3.80. The highest BCUT2D eigenvalue weighted by atomic mass is 32.2. The van der Waals surface area contributed by atoms with E-state index in [2.05, 4.69) is 47.0 Å². The third kappa shape index (κ3) is 1.98. The summed E-state index contributed by atoms with van der Waals surface area (Å²) in [6, 6.07) is 10.5. The van der Waals surface area contributed by atoms with Crippen LogP contribution in [-0.2, 0) is 0 Å². The summed E-state index contributed by atoms with van der Waals surface area (Å²) in [6.45, 7) is 2.17. The molecular formula is C14H13N2S+. The van der Waals surface area contributed by atoms with E-state index in [1.165, 1.54) is 16.0 Å². The fourth-order valence-electron chi connectivity index (χ4n) is 1.99. The lowest BCUT2D eigenvalue weighted by Gasteiger charge is -2.13. The predicted molar refractivity (Wildman–Crippen MR) is 71.2 cm³/mol. The smallest absolute Gasteiger partial charge is 0.224 e. The van der Waals surface area contributed by atoms with Gasteiger partial charge in [-0.2, -0.15) is 4.58 Å². The molecule has 0 aliphatic carbocycles. The van der Waals surface area contributed by atoms with Gasteiger partial charge >= 0.3 is 0 Å². The minimum atomic E-state index is 0.948. The van der Waals surface area contributed by atoms with Crippen molar-refractivity contribution >= 4 is 23.7 Å². The number of rotatable bonds is 1. The van der Waals surface area contributed by atoms with E-state index >= 15 is 0 Å². The van der Waals surface area contributed by atoms with E-state index in [9.17, 15) is 0 Å². The van der Waals surface area contributed by atoms with Gasteiger partial charge in [-0.05, 0) is 24.6 Å². The molecule has 3 rings (SSSR count). The number of nitrogens with zero attached hydrogens (tertiary/aromatic N) is 2. The Balaban J connectivity index is 2.07. The molecule has 0 fully saturated rings. The average Bonchev–Trinajstić information content (AvgIpc) is 2.40. The molecule has 0 atom stereocenters. The summed E-state index contributed by atoms with van der Waals surface area (Å²) < 4.78 is 2.24. The Morgan fingerprint density at radius 1 is 1.24 bits per heavy atom. The molecule has 0 saturated carbocycles. The Morgan fingerprint density at radius 2 is 2.18 bits per heavy atom. The van der Waals surface area contributed by atoms with Crippen molar-refractivity contribution in [3.05, 3.63) is 53.9 Å². The summed E-state index contributed by atoms with van der Waals surface area (Å²) in [7, 11) is 0. The number of benzene rings is 1. The molecule has 1 aromatic carbocycles. The van der Waals surface area contributed by atoms with Crippen LogP contribution in [0, 0.1) is 6.92 Å². The van der Waals surface area contributed by atoms with Crippen LogP contribution in [0.1, 0.15) is 11.1 Å². The van der Waals surface area contributed by atoms with Gasteiger partial charge < -0.3 is 0 Å². The number of hydrogen-bond donors (Lipinski definition) is 0. The highest BCUT2D eigenvalue weighted by molar-refractivity contribution is 7.99. The van der Waals surface area contributed by atoms with Crippen LogP contribution in [0.5, 0.6) is 0 Å². The number of aromatic nitrogens is 1. The Morgan fingerprint density at radius 3 is 3.00 bits per heavy atom. The molecule has 2 heterocycles. The second kappa shape index (κ2) is 4.34. The van der Waals surface area contributed by atoms with Crippen LogP contribution in [0.15, 0.2) is 47.6 Å². The average molecular weight is 241 g/mol. The molecule has 1 aromatic heterocycles. The number of aryl methyl sites for hydroxylation is 1. The summed E-state index contributed by atoms with van der Waals surface area (Å²) in [5, 5.41) is 0. The van der Waals surface area contributed by atoms with Crippen LogP contribution < -0.4 is 0 Å². The predicted octanol–water partition coefficient (Wildman–Crippen LogP) is 3.22. The Hall–Kier alpha value is -1.61. The van der Waals surface area contributed by atoms with Crippen molar-refractivity contribution in [3.63, 3.8) is 0 Å². The molecule has 17 heavy (non-hydrogen) atoms. The second-order valence-electron chi connectivity index (χ2n) is 4.08. The van der Waals surface area contributed by atoms with Gasteiger partial charge in [0.1, 0.15) is 0 Å². The Kier molecular flexibility index (Phi) is 2.69. The largest absolute Gasteiger partial charge is 0.258 e. The van der Waals surface area contributed by atoms with Gasteiger partial charge in [0.25, 0.3) is 0 Å². The van der Waals surface area contributed by atoms with E-state index in [0.29, 0.717) is 0 Å². The van der Waals surface area contributed by atoms with Gasteiger partial charge in [0.2, 0.25) is 5.69 Å². The van der Waals surface area contributed by atoms with Crippen LogP contribution in [0.2, 0.25) is 0 Å². The molecule has 1 aliphatic heterocycles. The third-order valence-electron chi connectivity index (χ3n) is 2.86. The lowest BCUT2D eigenvalue weighted by molar-refractivity contribution is -0.411. The van der Waals surface area contributed by atoms with E-state index in [-0.39, 0.29) is 0 Å². The zero-order valence-electron chi connectivity index (χ0n) is 9.63. The van der Waals surface area contributed by atoms with E-state index in [1.807, 2.05) is 24.0 Å². The van der Waals surface area contributed by atoms with Gasteiger partial charge in [0.15, 0.2) is 12.1 Å². The molecule has 2 nitrogen and oxygen atoms in total. The second-order valence-corrected chi connectivity index (χ2v) is 5.03. The Bertz CT molecular complexity index is 576. The van der Waals surface area contributed by atoms with Crippen molar-refractivity contribution in [1.82, 2.24) is 4.98 Å². The van der Waals surface area contributed by atoms with E-state index < -0.39 is 0 Å². The van der Waals surface area contributed by atoms with E-state index in [1.54, 1.807) is 6.20 Å². The minimum absolute atomic E-state index is 0.948. The molecule has 0 bridgehead atoms. The van der Waals surface area contributed by atoms with Crippen LogP contribution in [-0.4, -0.2) is 21.7 Å². The Labute approximate surface area is 105 Å². The number of pyridine rings is 1. The van der Waals surface area contributed by atoms with Gasteiger partial charge in [-0.1, -0.05) is 23.9 Å². The van der Waals surface area contributed by atoms with E-state index in [4.69, 9.17) is 0 Å². The van der Waals surface area contributed by atoms with Crippen LogP contribution >= 0.6 is 11.8 Å². The molecule has 0 amide bonds. The standard InChI is InChI=1S/C14H13N2S/c1-11-4-2-5-12-9-16(10-17-14(11)12)13-6-3-7-15-8-13/h2-9H,10H2,1H3/q+1. The lowest BCUT2D eigenvalue weighted by atomic mass is 10.1. The van der Waals surface area contributed by atoms with Gasteiger partial charge in [-0.15, -0.1) is 0 Å². The monoisotopic (exact) mass is 241 g/mol. The topological polar surface area (TPSA) is 15.9 Å². The third-order valence-corrected chi connectivity index (χ3v) is 4.12. The van der Waals surface area contributed by atoms with Gasteiger partial charge in [-0.3, -0.25) is 4.98 Å². The summed E-state index contributed by atoms with van der Waals surface area (Å²) in [6.07, 6.45) is 5.91. The summed E-state index contributed by atoms with van der Waals surface area (Å²) in [4.78, 5) is 5.56. The van der Waals surface area contributed by atoms with Gasteiger partial charge in [-0.25, -0.2) is 0 Å². The normalized spacial score (nSPS) is 14.1. The maximum Gasteiger partial charge on any atom is 0.224 e. The van der Waals surface area contributed by atoms with Crippen molar-refractivity contribution in [2.45, 2.75) is 11.8 Å².